The largest absolute Gasteiger partial charge is 0.271 e. The minimum Gasteiger partial charge on any atom is -0.271 e. The van der Waals surface area contributed by atoms with Crippen LogP contribution in [0.2, 0.25) is 5.02 Å². The van der Waals surface area contributed by atoms with Gasteiger partial charge in [0.15, 0.2) is 0 Å². The maximum absolute atomic E-state index is 12.1. The van der Waals surface area contributed by atoms with Crippen molar-refractivity contribution in [2.75, 3.05) is 6.54 Å². The van der Waals surface area contributed by atoms with Gasteiger partial charge < -0.3 is 0 Å². The topological polar surface area (TPSA) is 107 Å². The molecule has 0 saturated carbocycles. The fourth-order valence-electron chi connectivity index (χ4n) is 1.90. The fourth-order valence-corrected chi connectivity index (χ4v) is 3.17. The summed E-state index contributed by atoms with van der Waals surface area (Å²) >= 11 is 5.89. The summed E-state index contributed by atoms with van der Waals surface area (Å²) in [6, 6.07) is 4.91. The molecule has 1 aromatic heterocycles. The van der Waals surface area contributed by atoms with Crippen molar-refractivity contribution >= 4 is 27.3 Å². The Bertz CT molecular complexity index is 800. The lowest BCUT2D eigenvalue weighted by Crippen LogP contribution is -2.25. The van der Waals surface area contributed by atoms with E-state index in [4.69, 9.17) is 11.6 Å². The van der Waals surface area contributed by atoms with E-state index in [0.717, 1.165) is 6.07 Å². The lowest BCUT2D eigenvalue weighted by molar-refractivity contribution is -0.385. The van der Waals surface area contributed by atoms with Crippen LogP contribution in [0.1, 0.15) is 12.1 Å². The number of halogens is 1. The minimum atomic E-state index is -3.78. The highest BCUT2D eigenvalue weighted by molar-refractivity contribution is 7.89. The fraction of sp³-hybridized carbons (Fsp3) is 0.308. The van der Waals surface area contributed by atoms with Crippen LogP contribution in [0, 0.1) is 17.0 Å². The zero-order chi connectivity index (χ0) is 17.0. The first-order chi connectivity index (χ1) is 10.8. The number of sulfonamides is 1. The summed E-state index contributed by atoms with van der Waals surface area (Å²) in [5.41, 5.74) is 0.443. The van der Waals surface area contributed by atoms with Crippen LogP contribution in [-0.2, 0) is 16.6 Å². The molecule has 0 aliphatic carbocycles. The van der Waals surface area contributed by atoms with E-state index >= 15 is 0 Å². The average molecular weight is 359 g/mol. The Morgan fingerprint density at radius 2 is 2.17 bits per heavy atom. The lowest BCUT2D eigenvalue weighted by atomic mass is 10.3. The smallest absolute Gasteiger partial charge is 0.270 e. The van der Waals surface area contributed by atoms with Gasteiger partial charge in [-0.1, -0.05) is 17.7 Å². The van der Waals surface area contributed by atoms with Crippen molar-refractivity contribution in [1.29, 1.82) is 0 Å². The molecule has 0 saturated heterocycles. The summed E-state index contributed by atoms with van der Waals surface area (Å²) in [5, 5.41) is 15.4. The maximum Gasteiger partial charge on any atom is 0.270 e. The van der Waals surface area contributed by atoms with Crippen LogP contribution < -0.4 is 4.72 Å². The highest BCUT2D eigenvalue weighted by Crippen LogP contribution is 2.17. The van der Waals surface area contributed by atoms with Gasteiger partial charge in [0.2, 0.25) is 10.0 Å². The van der Waals surface area contributed by atoms with Crippen LogP contribution in [0.3, 0.4) is 0 Å². The van der Waals surface area contributed by atoms with Gasteiger partial charge in [-0.25, -0.2) is 13.1 Å². The normalized spacial score (nSPS) is 11.6. The molecule has 0 amide bonds. The van der Waals surface area contributed by atoms with Crippen molar-refractivity contribution in [1.82, 2.24) is 14.5 Å². The van der Waals surface area contributed by atoms with Gasteiger partial charge in [-0.2, -0.15) is 5.10 Å². The molecule has 0 spiro atoms. The van der Waals surface area contributed by atoms with Crippen LogP contribution in [0.5, 0.6) is 0 Å². The van der Waals surface area contributed by atoms with Crippen LogP contribution in [0.25, 0.3) is 0 Å². The third kappa shape index (κ3) is 4.50. The third-order valence-electron chi connectivity index (χ3n) is 3.08. The second-order valence-corrected chi connectivity index (χ2v) is 7.01. The van der Waals surface area contributed by atoms with E-state index in [1.165, 1.54) is 18.2 Å². The Hall–Kier alpha value is -1.97. The van der Waals surface area contributed by atoms with Gasteiger partial charge in [-0.3, -0.25) is 14.8 Å². The Morgan fingerprint density at radius 1 is 1.43 bits per heavy atom. The Kier molecular flexibility index (Phi) is 5.34. The lowest BCUT2D eigenvalue weighted by Gasteiger charge is -2.07. The number of hydrogen-bond acceptors (Lipinski definition) is 5. The van der Waals surface area contributed by atoms with Gasteiger partial charge >= 0.3 is 0 Å². The molecule has 0 radical (unpaired) electrons. The quantitative estimate of drug-likeness (QED) is 0.463. The van der Waals surface area contributed by atoms with Crippen molar-refractivity contribution in [2.24, 2.45) is 0 Å². The number of non-ortho nitro benzene ring substituents is 1. The van der Waals surface area contributed by atoms with Crippen LogP contribution in [-0.4, -0.2) is 29.7 Å². The third-order valence-corrected chi connectivity index (χ3v) is 4.91. The summed E-state index contributed by atoms with van der Waals surface area (Å²) < 4.78 is 28.2. The van der Waals surface area contributed by atoms with Gasteiger partial charge in [-0.05, 0) is 19.4 Å². The van der Waals surface area contributed by atoms with E-state index in [1.54, 1.807) is 17.8 Å². The van der Waals surface area contributed by atoms with Crippen molar-refractivity contribution in [3.63, 3.8) is 0 Å². The van der Waals surface area contributed by atoms with Crippen molar-refractivity contribution in [3.8, 4) is 0 Å². The molecule has 0 bridgehead atoms. The molecule has 2 aromatic rings. The number of nitro benzene ring substituents is 1. The Morgan fingerprint density at radius 3 is 2.78 bits per heavy atom. The van der Waals surface area contributed by atoms with Crippen molar-refractivity contribution in [2.45, 2.75) is 24.8 Å². The van der Waals surface area contributed by atoms with Crippen molar-refractivity contribution in [3.05, 3.63) is 51.3 Å². The number of nitro groups is 1. The zero-order valence-corrected chi connectivity index (χ0v) is 13.8. The predicted molar refractivity (Wildman–Crippen MR) is 84.9 cm³/mol. The number of benzene rings is 1. The Balaban J connectivity index is 1.93. The van der Waals surface area contributed by atoms with Crippen molar-refractivity contribution < 1.29 is 13.3 Å². The first-order valence-electron chi connectivity index (χ1n) is 6.73. The highest BCUT2D eigenvalue weighted by atomic mass is 35.5. The zero-order valence-electron chi connectivity index (χ0n) is 12.3. The number of nitrogens with one attached hydrogen (secondary N) is 1. The standard InChI is InChI=1S/C13H15ClN4O4S/c1-10-13(14)9-17(16-10)7-3-6-15-23(21,22)12-5-2-4-11(8-12)18(19)20/h2,4-5,8-9,15H,3,6-7H2,1H3. The van der Waals surface area contributed by atoms with Crippen LogP contribution >= 0.6 is 11.6 Å². The number of nitrogens with zero attached hydrogens (tertiary/aromatic N) is 3. The summed E-state index contributed by atoms with van der Waals surface area (Å²) in [6.07, 6.45) is 2.18. The van der Waals surface area contributed by atoms with Crippen LogP contribution in [0.4, 0.5) is 5.69 Å². The highest BCUT2D eigenvalue weighted by Gasteiger charge is 2.17. The first kappa shape index (κ1) is 17.4. The molecular weight excluding hydrogens is 344 g/mol. The first-order valence-corrected chi connectivity index (χ1v) is 8.59. The SMILES string of the molecule is Cc1nn(CCCNS(=O)(=O)c2cccc([N+](=O)[O-])c2)cc1Cl. The van der Waals surface area contributed by atoms with E-state index < -0.39 is 14.9 Å². The molecule has 0 aliphatic rings. The van der Waals surface area contributed by atoms with E-state index in [2.05, 4.69) is 9.82 Å². The molecule has 10 heteroatoms. The van der Waals surface area contributed by atoms with E-state index in [0.29, 0.717) is 23.7 Å². The monoisotopic (exact) mass is 358 g/mol. The number of aryl methyl sites for hydroxylation is 2. The summed E-state index contributed by atoms with van der Waals surface area (Å²) in [5.74, 6) is 0. The molecule has 2 rings (SSSR count). The second kappa shape index (κ2) is 7.07. The molecule has 0 aliphatic heterocycles. The number of aromatic nitrogens is 2. The average Bonchev–Trinajstić information content (AvgIpc) is 2.82. The molecule has 1 aromatic carbocycles. The molecular formula is C13H15ClN4O4S. The molecule has 0 atom stereocenters. The molecule has 0 fully saturated rings. The molecule has 0 unspecified atom stereocenters. The predicted octanol–water partition coefficient (Wildman–Crippen LogP) is 2.12. The molecule has 23 heavy (non-hydrogen) atoms. The molecule has 1 N–H and O–H groups in total. The molecule has 8 nitrogen and oxygen atoms in total. The second-order valence-electron chi connectivity index (χ2n) is 4.83. The minimum absolute atomic E-state index is 0.135. The maximum atomic E-state index is 12.1. The summed E-state index contributed by atoms with van der Waals surface area (Å²) in [7, 11) is -3.78. The van der Waals surface area contributed by atoms with Gasteiger partial charge in [0.1, 0.15) is 0 Å². The van der Waals surface area contributed by atoms with Gasteiger partial charge in [0, 0.05) is 31.4 Å². The van der Waals surface area contributed by atoms with E-state index in [9.17, 15) is 18.5 Å². The number of hydrogen-bond donors (Lipinski definition) is 1. The van der Waals surface area contributed by atoms with Gasteiger partial charge in [-0.15, -0.1) is 0 Å². The summed E-state index contributed by atoms with van der Waals surface area (Å²) in [6.45, 7) is 2.47. The van der Waals surface area contributed by atoms with Gasteiger partial charge in [0.05, 0.1) is 20.5 Å². The molecule has 124 valence electrons. The summed E-state index contributed by atoms with van der Waals surface area (Å²) in [4.78, 5) is 9.93. The van der Waals surface area contributed by atoms with E-state index in [-0.39, 0.29) is 17.1 Å². The molecule has 1 heterocycles. The van der Waals surface area contributed by atoms with E-state index in [1.807, 2.05) is 0 Å². The Labute approximate surface area is 138 Å². The number of rotatable bonds is 7. The van der Waals surface area contributed by atoms with Crippen LogP contribution in [0.15, 0.2) is 35.4 Å². The van der Waals surface area contributed by atoms with Gasteiger partial charge in [0.25, 0.3) is 5.69 Å².